The maximum Gasteiger partial charge on any atom is 0.408 e. The Morgan fingerprint density at radius 3 is 2.30 bits per heavy atom. The minimum absolute atomic E-state index is 0. The van der Waals surface area contributed by atoms with Gasteiger partial charge in [0.05, 0.1) is 46.0 Å². The van der Waals surface area contributed by atoms with Gasteiger partial charge in [0.25, 0.3) is 0 Å². The van der Waals surface area contributed by atoms with Gasteiger partial charge in [0.2, 0.25) is 0 Å². The Morgan fingerprint density at radius 1 is 1.26 bits per heavy atom. The summed E-state index contributed by atoms with van der Waals surface area (Å²) in [5.74, 6) is 0. The van der Waals surface area contributed by atoms with Gasteiger partial charge < -0.3 is 31.5 Å². The summed E-state index contributed by atoms with van der Waals surface area (Å²) in [5.41, 5.74) is -0.459. The van der Waals surface area contributed by atoms with E-state index in [0.717, 1.165) is 17.6 Å². The van der Waals surface area contributed by atoms with Crippen molar-refractivity contribution in [3.8, 4) is 0 Å². The second kappa shape index (κ2) is 7.61. The molecule has 0 fully saturated rings. The van der Waals surface area contributed by atoms with Crippen molar-refractivity contribution in [1.29, 1.82) is 0 Å². The maximum absolute atomic E-state index is 11.9. The number of carbonyl (C=O) groups is 1. The van der Waals surface area contributed by atoms with E-state index < -0.39 is 17.2 Å². The number of amides is 1. The quantitative estimate of drug-likeness (QED) is 0.636. The van der Waals surface area contributed by atoms with Crippen LogP contribution in [0.5, 0.6) is 0 Å². The van der Waals surface area contributed by atoms with Crippen molar-refractivity contribution in [2.75, 3.05) is 27.7 Å². The number of likely N-dealkylation sites (N-methyl/N-ethyl adjacent to an activating group) is 1. The van der Waals surface area contributed by atoms with Gasteiger partial charge in [-0.25, -0.2) is 9.48 Å². The number of carbonyl (C=O) groups excluding carboxylic acids is 1. The Balaban J connectivity index is 0.00000484. The van der Waals surface area contributed by atoms with Crippen LogP contribution in [0.3, 0.4) is 0 Å². The molecule has 0 atom stereocenters. The summed E-state index contributed by atoms with van der Waals surface area (Å²) in [5, 5.41) is 11.1. The minimum atomic E-state index is -0.642. The monoisotopic (exact) mass is 391 g/mol. The summed E-state index contributed by atoms with van der Waals surface area (Å²) in [4.78, 5) is 11.9. The molecule has 1 heterocycles. The number of rotatable bonds is 5. The van der Waals surface area contributed by atoms with Crippen molar-refractivity contribution in [2.24, 2.45) is 0 Å². The Hall–Kier alpha value is -1.15. The molecule has 1 rings (SSSR count). The third-order valence-corrected chi connectivity index (χ3v) is 2.99. The first kappa shape index (κ1) is 21.9. The molecule has 0 aliphatic heterocycles. The predicted octanol–water partition coefficient (Wildman–Crippen LogP) is -1.25. The lowest BCUT2D eigenvalue weighted by Gasteiger charge is -2.27. The molecule has 23 heavy (non-hydrogen) atoms. The van der Waals surface area contributed by atoms with Gasteiger partial charge in [0, 0.05) is 0 Å². The van der Waals surface area contributed by atoms with Crippen molar-refractivity contribution in [3.05, 3.63) is 11.9 Å². The number of quaternary nitrogens is 1. The first-order valence-electron chi connectivity index (χ1n) is 7.51. The molecule has 0 aliphatic carbocycles. The molecule has 0 saturated carbocycles. The highest BCUT2D eigenvalue weighted by Crippen LogP contribution is 2.18. The summed E-state index contributed by atoms with van der Waals surface area (Å²) in [6.07, 6.45) is 1.41. The molecule has 0 aliphatic rings. The number of nitrogens with zero attached hydrogens (tertiary/aromatic N) is 4. The minimum Gasteiger partial charge on any atom is -1.00 e. The molecule has 1 N–H and O–H groups in total. The summed E-state index contributed by atoms with van der Waals surface area (Å²) >= 11 is 0. The number of hydrogen-bond acceptors (Lipinski definition) is 4. The van der Waals surface area contributed by atoms with Crippen LogP contribution in [-0.4, -0.2) is 58.9 Å². The average Bonchev–Trinajstić information content (AvgIpc) is 2.70. The largest absolute Gasteiger partial charge is 1.00 e. The second-order valence-corrected chi connectivity index (χ2v) is 8.13. The predicted molar refractivity (Wildman–Crippen MR) is 85.3 cm³/mol. The van der Waals surface area contributed by atoms with Crippen LogP contribution < -0.4 is 22.3 Å². The van der Waals surface area contributed by atoms with E-state index in [1.807, 2.05) is 40.8 Å². The van der Waals surface area contributed by atoms with Crippen molar-refractivity contribution in [1.82, 2.24) is 20.3 Å². The third-order valence-electron chi connectivity index (χ3n) is 2.99. The number of hydrogen-bond donors (Lipinski definition) is 1. The molecule has 0 spiro atoms. The van der Waals surface area contributed by atoms with Crippen LogP contribution in [-0.2, 0) is 16.8 Å². The van der Waals surface area contributed by atoms with E-state index in [1.54, 1.807) is 4.68 Å². The summed E-state index contributed by atoms with van der Waals surface area (Å²) in [6.45, 7) is 11.0. The van der Waals surface area contributed by atoms with Gasteiger partial charge in [-0.1, -0.05) is 5.21 Å². The van der Waals surface area contributed by atoms with Gasteiger partial charge in [-0.3, -0.25) is 0 Å². The highest BCUT2D eigenvalue weighted by Gasteiger charge is 2.29. The van der Waals surface area contributed by atoms with Crippen LogP contribution in [0.1, 0.15) is 40.3 Å². The molecular formula is C15H30BrN5O2. The van der Waals surface area contributed by atoms with E-state index in [0.29, 0.717) is 5.69 Å². The Kier molecular flexibility index (Phi) is 7.23. The molecule has 7 nitrogen and oxygen atoms in total. The first-order chi connectivity index (χ1) is 9.78. The zero-order valence-electron chi connectivity index (χ0n) is 15.5. The summed E-state index contributed by atoms with van der Waals surface area (Å²) in [7, 11) is 6.39. The topological polar surface area (TPSA) is 69.0 Å². The third kappa shape index (κ3) is 8.31. The second-order valence-electron chi connectivity index (χ2n) is 8.13. The van der Waals surface area contributed by atoms with Gasteiger partial charge >= 0.3 is 6.09 Å². The fourth-order valence-corrected chi connectivity index (χ4v) is 1.72. The van der Waals surface area contributed by atoms with Crippen LogP contribution in [0.15, 0.2) is 6.20 Å². The molecule has 134 valence electrons. The number of ether oxygens (including phenoxy) is 1. The van der Waals surface area contributed by atoms with Crippen molar-refractivity contribution in [3.63, 3.8) is 0 Å². The molecule has 1 amide bonds. The van der Waals surface area contributed by atoms with Crippen LogP contribution in [0.2, 0.25) is 0 Å². The summed E-state index contributed by atoms with van der Waals surface area (Å²) in [6, 6.07) is 0. The normalized spacial score (nSPS) is 12.5. The lowest BCUT2D eigenvalue weighted by molar-refractivity contribution is -0.871. The summed E-state index contributed by atoms with van der Waals surface area (Å²) < 4.78 is 7.95. The van der Waals surface area contributed by atoms with E-state index in [4.69, 9.17) is 4.74 Å². The lowest BCUT2D eigenvalue weighted by Crippen LogP contribution is -3.00. The molecule has 0 radical (unpaired) electrons. The van der Waals surface area contributed by atoms with Crippen LogP contribution in [0.4, 0.5) is 4.79 Å². The molecule has 1 aromatic heterocycles. The van der Waals surface area contributed by atoms with E-state index in [-0.39, 0.29) is 17.0 Å². The first-order valence-corrected chi connectivity index (χ1v) is 7.51. The highest BCUT2D eigenvalue weighted by atomic mass is 79.9. The molecule has 0 unspecified atom stereocenters. The van der Waals surface area contributed by atoms with Crippen molar-refractivity contribution >= 4 is 6.09 Å². The molecule has 1 aromatic rings. The fourth-order valence-electron chi connectivity index (χ4n) is 1.72. The van der Waals surface area contributed by atoms with Gasteiger partial charge in [-0.05, 0) is 34.6 Å². The fraction of sp³-hybridized carbons (Fsp3) is 0.800. The number of nitrogens with one attached hydrogen (secondary N) is 1. The molecule has 8 heteroatoms. The standard InChI is InChI=1S/C15H29N5O2.BrH/c1-14(2,3)22-13(21)16-15(4,5)12-11-19(18-17-12)9-10-20(6,7)8;/h11H,9-10H2,1-8H3;1H. The van der Waals surface area contributed by atoms with Crippen LogP contribution >= 0.6 is 0 Å². The zero-order chi connectivity index (χ0) is 17.2. The van der Waals surface area contributed by atoms with Crippen LogP contribution in [0.25, 0.3) is 0 Å². The van der Waals surface area contributed by atoms with E-state index >= 15 is 0 Å². The van der Waals surface area contributed by atoms with Crippen molar-refractivity contribution < 1.29 is 31.0 Å². The maximum atomic E-state index is 11.9. The molecule has 0 aromatic carbocycles. The lowest BCUT2D eigenvalue weighted by atomic mass is 10.0. The number of aromatic nitrogens is 3. The van der Waals surface area contributed by atoms with Gasteiger partial charge in [-0.15, -0.1) is 5.10 Å². The van der Waals surface area contributed by atoms with Gasteiger partial charge in [0.15, 0.2) is 0 Å². The van der Waals surface area contributed by atoms with Gasteiger partial charge in [-0.2, -0.15) is 0 Å². The highest BCUT2D eigenvalue weighted by molar-refractivity contribution is 5.68. The van der Waals surface area contributed by atoms with E-state index in [9.17, 15) is 4.79 Å². The number of halogens is 1. The van der Waals surface area contributed by atoms with Gasteiger partial charge in [0.1, 0.15) is 11.3 Å². The Morgan fingerprint density at radius 2 is 1.83 bits per heavy atom. The van der Waals surface area contributed by atoms with E-state index in [1.165, 1.54) is 0 Å². The van der Waals surface area contributed by atoms with Crippen LogP contribution in [0, 0.1) is 0 Å². The average molecular weight is 392 g/mol. The zero-order valence-corrected chi connectivity index (χ0v) is 17.1. The smallest absolute Gasteiger partial charge is 0.408 e. The molecule has 0 saturated heterocycles. The van der Waals surface area contributed by atoms with E-state index in [2.05, 4.69) is 36.8 Å². The Labute approximate surface area is 149 Å². The SMILES string of the molecule is CC(C)(C)OC(=O)NC(C)(C)c1cn(CC[N+](C)(C)C)nn1.[Br-]. The number of alkyl carbamates (subject to hydrolysis) is 1. The molecular weight excluding hydrogens is 362 g/mol. The Bertz CT molecular complexity index is 515. The van der Waals surface area contributed by atoms with Crippen molar-refractivity contribution in [2.45, 2.75) is 52.3 Å². The molecule has 0 bridgehead atoms.